The lowest BCUT2D eigenvalue weighted by molar-refractivity contribution is 0.0914. The quantitative estimate of drug-likeness (QED) is 0.546. The van der Waals surface area contributed by atoms with Crippen LogP contribution in [0, 0.1) is 5.82 Å². The van der Waals surface area contributed by atoms with E-state index in [1.165, 1.54) is 6.07 Å². The molecule has 1 aliphatic carbocycles. The summed E-state index contributed by atoms with van der Waals surface area (Å²) in [7, 11) is 0. The SMILES string of the molecule is CCN1CCN(c2cc3c(cc2F)c(=O)c(C(=O)NC[C@@H](O)c2ccccc2)cn3C2CC2)CC1. The lowest BCUT2D eigenvalue weighted by Crippen LogP contribution is -2.46. The number of aliphatic hydroxyl groups is 1. The first-order valence-corrected chi connectivity index (χ1v) is 12.3. The topological polar surface area (TPSA) is 77.8 Å². The number of carbonyl (C=O) groups excluding carboxylic acids is 1. The molecule has 1 atom stereocenters. The number of fused-ring (bicyclic) bond motifs is 1. The number of aromatic nitrogens is 1. The van der Waals surface area contributed by atoms with Crippen molar-refractivity contribution < 1.29 is 14.3 Å². The molecule has 8 heteroatoms. The Balaban J connectivity index is 1.45. The molecule has 5 rings (SSSR count). The molecule has 2 aliphatic rings. The van der Waals surface area contributed by atoms with E-state index in [1.54, 1.807) is 24.4 Å². The zero-order chi connectivity index (χ0) is 24.5. The maximum atomic E-state index is 15.2. The molecular formula is C27H31FN4O3. The van der Waals surface area contributed by atoms with Gasteiger partial charge in [-0.25, -0.2) is 4.39 Å². The summed E-state index contributed by atoms with van der Waals surface area (Å²) in [6, 6.07) is 12.3. The third kappa shape index (κ3) is 4.81. The Labute approximate surface area is 203 Å². The van der Waals surface area contributed by atoms with Gasteiger partial charge in [-0.15, -0.1) is 0 Å². The zero-order valence-corrected chi connectivity index (χ0v) is 19.9. The molecule has 7 nitrogen and oxygen atoms in total. The van der Waals surface area contributed by atoms with Crippen molar-refractivity contribution in [3.63, 3.8) is 0 Å². The van der Waals surface area contributed by atoms with Gasteiger partial charge >= 0.3 is 0 Å². The molecule has 0 spiro atoms. The molecule has 2 heterocycles. The molecule has 1 saturated heterocycles. The van der Waals surface area contributed by atoms with Gasteiger partial charge in [0.05, 0.1) is 17.3 Å². The highest BCUT2D eigenvalue weighted by molar-refractivity contribution is 5.98. The van der Waals surface area contributed by atoms with Crippen molar-refractivity contribution in [2.75, 3.05) is 44.2 Å². The van der Waals surface area contributed by atoms with Crippen molar-refractivity contribution in [1.29, 1.82) is 0 Å². The molecule has 0 radical (unpaired) electrons. The van der Waals surface area contributed by atoms with Crippen molar-refractivity contribution in [1.82, 2.24) is 14.8 Å². The minimum Gasteiger partial charge on any atom is -0.387 e. The Morgan fingerprint density at radius 1 is 1.14 bits per heavy atom. The summed E-state index contributed by atoms with van der Waals surface area (Å²) in [6.07, 6.45) is 2.62. The maximum absolute atomic E-state index is 15.2. The fraction of sp³-hybridized carbons (Fsp3) is 0.407. The monoisotopic (exact) mass is 478 g/mol. The van der Waals surface area contributed by atoms with E-state index >= 15 is 4.39 Å². The van der Waals surface area contributed by atoms with E-state index in [1.807, 2.05) is 27.7 Å². The fourth-order valence-corrected chi connectivity index (χ4v) is 4.80. The number of halogens is 1. The third-order valence-electron chi connectivity index (χ3n) is 7.09. The van der Waals surface area contributed by atoms with Gasteiger partial charge in [-0.1, -0.05) is 37.3 Å². The van der Waals surface area contributed by atoms with E-state index in [9.17, 15) is 14.7 Å². The number of pyridine rings is 1. The van der Waals surface area contributed by atoms with Gasteiger partial charge in [0.25, 0.3) is 5.91 Å². The number of benzene rings is 2. The summed E-state index contributed by atoms with van der Waals surface area (Å²) in [6.45, 7) is 6.27. The molecule has 2 fully saturated rings. The standard InChI is InChI=1S/C27H31FN4O3/c1-2-30-10-12-31(13-11-30)24-15-23-20(14-22(24)28)26(34)21(17-32(23)19-8-9-19)27(35)29-16-25(33)18-6-4-3-5-7-18/h3-7,14-15,17,19,25,33H,2,8-13,16H2,1H3,(H,29,35)/t25-/m1/s1. The first-order chi connectivity index (χ1) is 17.0. The van der Waals surface area contributed by atoms with Crippen molar-refractivity contribution in [2.24, 2.45) is 0 Å². The number of amides is 1. The summed E-state index contributed by atoms with van der Waals surface area (Å²) >= 11 is 0. The van der Waals surface area contributed by atoms with Gasteiger partial charge in [0.2, 0.25) is 5.43 Å². The molecule has 1 amide bonds. The number of likely N-dealkylation sites (N-methyl/N-ethyl adjacent to an activating group) is 1. The van der Waals surface area contributed by atoms with E-state index in [0.717, 1.165) is 45.6 Å². The molecule has 3 aromatic rings. The predicted molar refractivity (Wildman–Crippen MR) is 134 cm³/mol. The Kier molecular flexibility index (Phi) is 6.58. The average molecular weight is 479 g/mol. The first-order valence-electron chi connectivity index (χ1n) is 12.3. The zero-order valence-electron chi connectivity index (χ0n) is 19.9. The van der Waals surface area contributed by atoms with E-state index in [-0.39, 0.29) is 23.5 Å². The van der Waals surface area contributed by atoms with Crippen LogP contribution in [-0.2, 0) is 0 Å². The number of aliphatic hydroxyl groups excluding tert-OH is 1. The first kappa shape index (κ1) is 23.5. The van der Waals surface area contributed by atoms with Gasteiger partial charge in [-0.3, -0.25) is 9.59 Å². The fourth-order valence-electron chi connectivity index (χ4n) is 4.80. The Morgan fingerprint density at radius 3 is 2.51 bits per heavy atom. The van der Waals surface area contributed by atoms with Crippen LogP contribution in [-0.4, -0.2) is 59.7 Å². The van der Waals surface area contributed by atoms with Crippen molar-refractivity contribution in [3.05, 3.63) is 75.8 Å². The van der Waals surface area contributed by atoms with Gasteiger partial charge in [0.15, 0.2) is 0 Å². The number of rotatable bonds is 7. The Morgan fingerprint density at radius 2 is 1.86 bits per heavy atom. The second-order valence-electron chi connectivity index (χ2n) is 9.39. The van der Waals surface area contributed by atoms with E-state index < -0.39 is 23.3 Å². The van der Waals surface area contributed by atoms with Crippen LogP contribution < -0.4 is 15.6 Å². The van der Waals surface area contributed by atoms with E-state index in [4.69, 9.17) is 0 Å². The van der Waals surface area contributed by atoms with Crippen LogP contribution in [0.1, 0.15) is 47.8 Å². The maximum Gasteiger partial charge on any atom is 0.256 e. The average Bonchev–Trinajstić information content (AvgIpc) is 3.73. The molecule has 1 aromatic heterocycles. The van der Waals surface area contributed by atoms with Crippen LogP contribution in [0.2, 0.25) is 0 Å². The van der Waals surface area contributed by atoms with Crippen molar-refractivity contribution >= 4 is 22.5 Å². The molecule has 2 aromatic carbocycles. The summed E-state index contributed by atoms with van der Waals surface area (Å²) in [5.74, 6) is -1.01. The third-order valence-corrected chi connectivity index (χ3v) is 7.09. The van der Waals surface area contributed by atoms with Gasteiger partial charge in [0.1, 0.15) is 11.4 Å². The van der Waals surface area contributed by atoms with Crippen molar-refractivity contribution in [3.8, 4) is 0 Å². The minimum atomic E-state index is -0.889. The predicted octanol–water partition coefficient (Wildman–Crippen LogP) is 3.08. The summed E-state index contributed by atoms with van der Waals surface area (Å²) in [5, 5.41) is 13.3. The van der Waals surface area contributed by atoms with Crippen LogP contribution in [0.25, 0.3) is 10.9 Å². The molecule has 1 aliphatic heterocycles. The summed E-state index contributed by atoms with van der Waals surface area (Å²) in [4.78, 5) is 30.6. The van der Waals surface area contributed by atoms with E-state index in [0.29, 0.717) is 16.8 Å². The highest BCUT2D eigenvalue weighted by Gasteiger charge is 2.28. The van der Waals surface area contributed by atoms with Crippen LogP contribution in [0.4, 0.5) is 10.1 Å². The van der Waals surface area contributed by atoms with Crippen LogP contribution in [0.15, 0.2) is 53.5 Å². The number of nitrogens with zero attached hydrogens (tertiary/aromatic N) is 3. The summed E-state index contributed by atoms with van der Waals surface area (Å²) < 4.78 is 17.2. The van der Waals surface area contributed by atoms with Gasteiger partial charge < -0.3 is 24.8 Å². The lowest BCUT2D eigenvalue weighted by atomic mass is 10.1. The normalized spacial score (nSPS) is 17.5. The molecule has 2 N–H and O–H groups in total. The largest absolute Gasteiger partial charge is 0.387 e. The number of nitrogens with one attached hydrogen (secondary N) is 1. The Bertz CT molecular complexity index is 1280. The lowest BCUT2D eigenvalue weighted by Gasteiger charge is -2.35. The number of carbonyl (C=O) groups is 1. The van der Waals surface area contributed by atoms with Crippen LogP contribution in [0.5, 0.6) is 0 Å². The smallest absolute Gasteiger partial charge is 0.256 e. The van der Waals surface area contributed by atoms with Gasteiger partial charge in [0, 0.05) is 50.3 Å². The second kappa shape index (κ2) is 9.79. The van der Waals surface area contributed by atoms with E-state index in [2.05, 4.69) is 17.1 Å². The molecule has 1 saturated carbocycles. The number of anilines is 1. The minimum absolute atomic E-state index is 0.0270. The van der Waals surface area contributed by atoms with Crippen LogP contribution >= 0.6 is 0 Å². The molecule has 0 bridgehead atoms. The number of hydrogen-bond donors (Lipinski definition) is 2. The highest BCUT2D eigenvalue weighted by atomic mass is 19.1. The van der Waals surface area contributed by atoms with Crippen molar-refractivity contribution in [2.45, 2.75) is 31.9 Å². The number of piperazine rings is 1. The van der Waals surface area contributed by atoms with Crippen LogP contribution in [0.3, 0.4) is 0 Å². The summed E-state index contributed by atoms with van der Waals surface area (Å²) in [5.41, 5.74) is 1.31. The van der Waals surface area contributed by atoms with Gasteiger partial charge in [-0.2, -0.15) is 0 Å². The highest BCUT2D eigenvalue weighted by Crippen LogP contribution is 2.38. The molecular weight excluding hydrogens is 447 g/mol. The molecule has 0 unspecified atom stereocenters. The Hall–Kier alpha value is -3.23. The second-order valence-corrected chi connectivity index (χ2v) is 9.39. The number of hydrogen-bond acceptors (Lipinski definition) is 5. The molecule has 184 valence electrons. The van der Waals surface area contributed by atoms with Gasteiger partial charge in [-0.05, 0) is 37.1 Å². The molecule has 35 heavy (non-hydrogen) atoms.